The first-order valence-electron chi connectivity index (χ1n) is 4.07. The van der Waals surface area contributed by atoms with Crippen LogP contribution >= 0.6 is 0 Å². The average Bonchev–Trinajstić information content (AvgIpc) is 2.09. The Balaban J connectivity index is 2.83. The van der Waals surface area contributed by atoms with Gasteiger partial charge in [0, 0.05) is 12.1 Å². The van der Waals surface area contributed by atoms with Crippen LogP contribution in [-0.2, 0) is 4.79 Å². The van der Waals surface area contributed by atoms with Crippen LogP contribution in [0.3, 0.4) is 0 Å². The van der Waals surface area contributed by atoms with Gasteiger partial charge in [0.1, 0.15) is 12.1 Å². The van der Waals surface area contributed by atoms with Crippen LogP contribution in [0.2, 0.25) is 0 Å². The highest BCUT2D eigenvalue weighted by molar-refractivity contribution is 5.59. The van der Waals surface area contributed by atoms with E-state index in [2.05, 4.69) is 4.98 Å². The molecule has 0 aliphatic heterocycles. The summed E-state index contributed by atoms with van der Waals surface area (Å²) in [5.41, 5.74) is 7.36. The van der Waals surface area contributed by atoms with E-state index in [0.717, 1.165) is 17.5 Å². The minimum absolute atomic E-state index is 0.434. The molecule has 1 heterocycles. The normalized spacial score (nSPS) is 10.5. The SMILES string of the molecule is Cc1nc(N)ccc1C=CCC=O. The molecule has 0 radical (unpaired) electrons. The molecule has 13 heavy (non-hydrogen) atoms. The van der Waals surface area contributed by atoms with E-state index < -0.39 is 0 Å². The maximum absolute atomic E-state index is 10.0. The molecule has 1 aromatic rings. The smallest absolute Gasteiger partial charge is 0.123 e. The molecule has 0 unspecified atom stereocenters. The van der Waals surface area contributed by atoms with Crippen molar-refractivity contribution in [3.63, 3.8) is 0 Å². The molecular weight excluding hydrogens is 164 g/mol. The standard InChI is InChI=1S/C10H12N2O/c1-8-9(4-2-3-7-13)5-6-10(11)12-8/h2,4-7H,3H2,1H3,(H2,11,12). The monoisotopic (exact) mass is 176 g/mol. The Morgan fingerprint density at radius 2 is 2.31 bits per heavy atom. The molecule has 0 spiro atoms. The minimum Gasteiger partial charge on any atom is -0.384 e. The second kappa shape index (κ2) is 4.40. The van der Waals surface area contributed by atoms with E-state index in [1.807, 2.05) is 19.1 Å². The number of anilines is 1. The van der Waals surface area contributed by atoms with Gasteiger partial charge >= 0.3 is 0 Å². The number of carbonyl (C=O) groups is 1. The van der Waals surface area contributed by atoms with Gasteiger partial charge in [-0.05, 0) is 24.6 Å². The Hall–Kier alpha value is -1.64. The van der Waals surface area contributed by atoms with E-state index in [-0.39, 0.29) is 0 Å². The van der Waals surface area contributed by atoms with Crippen LogP contribution in [0.4, 0.5) is 5.82 Å². The first-order chi connectivity index (χ1) is 6.24. The molecule has 0 aliphatic rings. The van der Waals surface area contributed by atoms with E-state index in [1.165, 1.54) is 0 Å². The zero-order valence-electron chi connectivity index (χ0n) is 7.53. The third kappa shape index (κ3) is 2.71. The number of aryl methyl sites for hydroxylation is 1. The maximum atomic E-state index is 10.0. The van der Waals surface area contributed by atoms with Crippen LogP contribution in [0.15, 0.2) is 18.2 Å². The second-order valence-electron chi connectivity index (χ2n) is 2.72. The average molecular weight is 176 g/mol. The third-order valence-electron chi connectivity index (χ3n) is 1.68. The van der Waals surface area contributed by atoms with Crippen LogP contribution in [-0.4, -0.2) is 11.3 Å². The quantitative estimate of drug-likeness (QED) is 0.711. The molecule has 0 saturated heterocycles. The number of nitrogens with zero attached hydrogens (tertiary/aromatic N) is 1. The number of pyridine rings is 1. The lowest BCUT2D eigenvalue weighted by molar-refractivity contribution is -0.107. The van der Waals surface area contributed by atoms with Crippen molar-refractivity contribution in [2.75, 3.05) is 5.73 Å². The largest absolute Gasteiger partial charge is 0.384 e. The fourth-order valence-electron chi connectivity index (χ4n) is 1.02. The van der Waals surface area contributed by atoms with Crippen molar-refractivity contribution in [1.29, 1.82) is 0 Å². The van der Waals surface area contributed by atoms with Crippen LogP contribution in [0, 0.1) is 6.92 Å². The van der Waals surface area contributed by atoms with E-state index in [1.54, 1.807) is 12.1 Å². The predicted molar refractivity (Wildman–Crippen MR) is 53.1 cm³/mol. The molecule has 0 bridgehead atoms. The first-order valence-corrected chi connectivity index (χ1v) is 4.07. The van der Waals surface area contributed by atoms with Crippen molar-refractivity contribution in [2.24, 2.45) is 0 Å². The summed E-state index contributed by atoms with van der Waals surface area (Å²) in [7, 11) is 0. The highest BCUT2D eigenvalue weighted by atomic mass is 16.1. The molecule has 0 aliphatic carbocycles. The number of hydrogen-bond acceptors (Lipinski definition) is 3. The number of aromatic nitrogens is 1. The Kier molecular flexibility index (Phi) is 3.20. The van der Waals surface area contributed by atoms with Crippen molar-refractivity contribution in [3.05, 3.63) is 29.5 Å². The Bertz CT molecular complexity index is 332. The van der Waals surface area contributed by atoms with Gasteiger partial charge in [-0.25, -0.2) is 4.98 Å². The summed E-state index contributed by atoms with van der Waals surface area (Å²) in [5, 5.41) is 0. The van der Waals surface area contributed by atoms with Gasteiger partial charge in [-0.2, -0.15) is 0 Å². The molecule has 0 aromatic carbocycles. The van der Waals surface area contributed by atoms with Gasteiger partial charge in [-0.3, -0.25) is 0 Å². The number of allylic oxidation sites excluding steroid dienone is 1. The maximum Gasteiger partial charge on any atom is 0.123 e. The molecule has 0 amide bonds. The summed E-state index contributed by atoms with van der Waals surface area (Å²) in [6.07, 6.45) is 4.96. The minimum atomic E-state index is 0.434. The summed E-state index contributed by atoms with van der Waals surface area (Å²) in [6.45, 7) is 1.89. The lowest BCUT2D eigenvalue weighted by Crippen LogP contribution is -1.93. The zero-order chi connectivity index (χ0) is 9.68. The molecule has 1 aromatic heterocycles. The van der Waals surface area contributed by atoms with Gasteiger partial charge < -0.3 is 10.5 Å². The number of nitrogens with two attached hydrogens (primary N) is 1. The molecule has 3 nitrogen and oxygen atoms in total. The van der Waals surface area contributed by atoms with Gasteiger partial charge in [0.05, 0.1) is 0 Å². The number of rotatable bonds is 3. The predicted octanol–water partition coefficient (Wildman–Crippen LogP) is 1.57. The molecular formula is C10H12N2O. The Labute approximate surface area is 77.3 Å². The van der Waals surface area contributed by atoms with Crippen molar-refractivity contribution in [1.82, 2.24) is 4.98 Å². The van der Waals surface area contributed by atoms with Crippen LogP contribution in [0.1, 0.15) is 17.7 Å². The van der Waals surface area contributed by atoms with Gasteiger partial charge in [0.2, 0.25) is 0 Å². The van der Waals surface area contributed by atoms with Gasteiger partial charge in [0.25, 0.3) is 0 Å². The summed E-state index contributed by atoms with van der Waals surface area (Å²) in [5.74, 6) is 0.519. The molecule has 1 rings (SSSR count). The molecule has 3 heteroatoms. The summed E-state index contributed by atoms with van der Waals surface area (Å²) in [4.78, 5) is 14.1. The molecule has 0 fully saturated rings. The zero-order valence-corrected chi connectivity index (χ0v) is 7.53. The second-order valence-corrected chi connectivity index (χ2v) is 2.72. The molecule has 0 atom stereocenters. The van der Waals surface area contributed by atoms with E-state index >= 15 is 0 Å². The fourth-order valence-corrected chi connectivity index (χ4v) is 1.02. The summed E-state index contributed by atoms with van der Waals surface area (Å²) >= 11 is 0. The summed E-state index contributed by atoms with van der Waals surface area (Å²) in [6, 6.07) is 3.63. The molecule has 0 saturated carbocycles. The summed E-state index contributed by atoms with van der Waals surface area (Å²) < 4.78 is 0. The lowest BCUT2D eigenvalue weighted by Gasteiger charge is -1.99. The van der Waals surface area contributed by atoms with E-state index in [4.69, 9.17) is 5.73 Å². The number of aldehydes is 1. The van der Waals surface area contributed by atoms with Gasteiger partial charge in [-0.15, -0.1) is 0 Å². The van der Waals surface area contributed by atoms with Crippen molar-refractivity contribution in [3.8, 4) is 0 Å². The van der Waals surface area contributed by atoms with E-state index in [0.29, 0.717) is 12.2 Å². The highest BCUT2D eigenvalue weighted by Gasteiger charge is 1.94. The van der Waals surface area contributed by atoms with Crippen LogP contribution < -0.4 is 5.73 Å². The Morgan fingerprint density at radius 1 is 1.54 bits per heavy atom. The van der Waals surface area contributed by atoms with Crippen molar-refractivity contribution >= 4 is 18.2 Å². The number of nitrogen functional groups attached to an aromatic ring is 1. The number of carbonyl (C=O) groups excluding carboxylic acids is 1. The van der Waals surface area contributed by atoms with Crippen LogP contribution in [0.25, 0.3) is 6.08 Å². The molecule has 2 N–H and O–H groups in total. The van der Waals surface area contributed by atoms with Crippen molar-refractivity contribution < 1.29 is 4.79 Å². The Morgan fingerprint density at radius 3 is 2.92 bits per heavy atom. The lowest BCUT2D eigenvalue weighted by atomic mass is 10.2. The first kappa shape index (κ1) is 9.45. The topological polar surface area (TPSA) is 56.0 Å². The highest BCUT2D eigenvalue weighted by Crippen LogP contribution is 2.09. The third-order valence-corrected chi connectivity index (χ3v) is 1.68. The number of hydrogen-bond donors (Lipinski definition) is 1. The molecule has 68 valence electrons. The van der Waals surface area contributed by atoms with E-state index in [9.17, 15) is 4.79 Å². The van der Waals surface area contributed by atoms with Crippen molar-refractivity contribution in [2.45, 2.75) is 13.3 Å². The fraction of sp³-hybridized carbons (Fsp3) is 0.200. The van der Waals surface area contributed by atoms with Gasteiger partial charge in [0.15, 0.2) is 0 Å². The van der Waals surface area contributed by atoms with Crippen LogP contribution in [0.5, 0.6) is 0 Å². The van der Waals surface area contributed by atoms with Gasteiger partial charge in [-0.1, -0.05) is 12.2 Å².